The average Bonchev–Trinajstić information content (AvgIpc) is 3.15. The van der Waals surface area contributed by atoms with Gasteiger partial charge in [0.2, 0.25) is 5.91 Å². The standard InChI is InChI=1S/C17H20N4O2/c1-14(19-7-2-3-8-19)16(22)20-9-11-21(12-10-20)17(23)15-5-4-6-18-13-15/h2-8,13-14H,9-12H2,1H3/t14-/m1/s1. The van der Waals surface area contributed by atoms with E-state index in [0.29, 0.717) is 31.7 Å². The summed E-state index contributed by atoms with van der Waals surface area (Å²) in [7, 11) is 0. The van der Waals surface area contributed by atoms with Crippen molar-refractivity contribution in [3.8, 4) is 0 Å². The first kappa shape index (κ1) is 15.3. The molecule has 23 heavy (non-hydrogen) atoms. The van der Waals surface area contributed by atoms with E-state index < -0.39 is 0 Å². The fraction of sp³-hybridized carbons (Fsp3) is 0.353. The molecule has 3 rings (SSSR count). The summed E-state index contributed by atoms with van der Waals surface area (Å²) in [6, 6.07) is 7.13. The molecule has 1 saturated heterocycles. The molecule has 1 aliphatic rings. The van der Waals surface area contributed by atoms with Crippen molar-refractivity contribution in [1.29, 1.82) is 0 Å². The van der Waals surface area contributed by atoms with E-state index >= 15 is 0 Å². The van der Waals surface area contributed by atoms with Gasteiger partial charge in [-0.15, -0.1) is 0 Å². The van der Waals surface area contributed by atoms with Gasteiger partial charge in [0.05, 0.1) is 5.56 Å². The molecule has 2 aromatic heterocycles. The summed E-state index contributed by atoms with van der Waals surface area (Å²) in [5.41, 5.74) is 0.591. The van der Waals surface area contributed by atoms with Crippen molar-refractivity contribution in [2.45, 2.75) is 13.0 Å². The predicted octanol–water partition coefficient (Wildman–Crippen LogP) is 1.43. The van der Waals surface area contributed by atoms with Gasteiger partial charge in [-0.1, -0.05) is 0 Å². The molecule has 0 aliphatic carbocycles. The lowest BCUT2D eigenvalue weighted by Crippen LogP contribution is -2.51. The third kappa shape index (κ3) is 3.26. The molecular formula is C17H20N4O2. The minimum absolute atomic E-state index is 0.0244. The maximum atomic E-state index is 12.5. The van der Waals surface area contributed by atoms with Crippen molar-refractivity contribution in [1.82, 2.24) is 19.4 Å². The van der Waals surface area contributed by atoms with E-state index in [0.717, 1.165) is 0 Å². The fourth-order valence-electron chi connectivity index (χ4n) is 2.80. The van der Waals surface area contributed by atoms with E-state index in [2.05, 4.69) is 4.98 Å². The molecule has 1 fully saturated rings. The molecular weight excluding hydrogens is 292 g/mol. The number of piperazine rings is 1. The lowest BCUT2D eigenvalue weighted by atomic mass is 10.2. The summed E-state index contributed by atoms with van der Waals surface area (Å²) < 4.78 is 1.90. The molecule has 3 heterocycles. The van der Waals surface area contributed by atoms with Crippen LogP contribution in [0.3, 0.4) is 0 Å². The summed E-state index contributed by atoms with van der Waals surface area (Å²) >= 11 is 0. The molecule has 0 aromatic carbocycles. The number of hydrogen-bond donors (Lipinski definition) is 0. The number of nitrogens with zero attached hydrogens (tertiary/aromatic N) is 4. The summed E-state index contributed by atoms with van der Waals surface area (Å²) in [5, 5.41) is 0. The Balaban J connectivity index is 1.58. The molecule has 2 aromatic rings. The highest BCUT2D eigenvalue weighted by Crippen LogP contribution is 2.14. The van der Waals surface area contributed by atoms with Crippen LogP contribution < -0.4 is 0 Å². The van der Waals surface area contributed by atoms with Crippen LogP contribution in [0, 0.1) is 0 Å². The quantitative estimate of drug-likeness (QED) is 0.861. The highest BCUT2D eigenvalue weighted by Gasteiger charge is 2.27. The largest absolute Gasteiger partial charge is 0.342 e. The number of pyridine rings is 1. The van der Waals surface area contributed by atoms with E-state index in [1.165, 1.54) is 0 Å². The predicted molar refractivity (Wildman–Crippen MR) is 85.9 cm³/mol. The van der Waals surface area contributed by atoms with Crippen LogP contribution in [0.15, 0.2) is 49.1 Å². The highest BCUT2D eigenvalue weighted by atomic mass is 16.2. The van der Waals surface area contributed by atoms with E-state index in [9.17, 15) is 9.59 Å². The molecule has 0 radical (unpaired) electrons. The van der Waals surface area contributed by atoms with Crippen LogP contribution in [-0.2, 0) is 4.79 Å². The van der Waals surface area contributed by atoms with Gasteiger partial charge in [-0.25, -0.2) is 0 Å². The lowest BCUT2D eigenvalue weighted by Gasteiger charge is -2.36. The Kier molecular flexibility index (Phi) is 4.41. The van der Waals surface area contributed by atoms with Gasteiger partial charge >= 0.3 is 0 Å². The number of rotatable bonds is 3. The van der Waals surface area contributed by atoms with Gasteiger partial charge in [0.1, 0.15) is 6.04 Å². The van der Waals surface area contributed by atoms with Gasteiger partial charge < -0.3 is 14.4 Å². The molecule has 0 saturated carbocycles. The fourth-order valence-corrected chi connectivity index (χ4v) is 2.80. The molecule has 2 amide bonds. The van der Waals surface area contributed by atoms with Gasteiger partial charge in [-0.2, -0.15) is 0 Å². The van der Waals surface area contributed by atoms with Crippen molar-refractivity contribution in [3.05, 3.63) is 54.6 Å². The number of aromatic nitrogens is 2. The third-order valence-electron chi connectivity index (χ3n) is 4.22. The minimum Gasteiger partial charge on any atom is -0.342 e. The lowest BCUT2D eigenvalue weighted by molar-refractivity contribution is -0.135. The molecule has 120 valence electrons. The van der Waals surface area contributed by atoms with Gasteiger partial charge in [-0.05, 0) is 31.2 Å². The molecule has 0 spiro atoms. The Morgan fingerprint density at radius 3 is 2.30 bits per heavy atom. The second-order valence-electron chi connectivity index (χ2n) is 5.67. The Morgan fingerprint density at radius 1 is 1.04 bits per heavy atom. The first-order chi connectivity index (χ1) is 11.2. The first-order valence-electron chi connectivity index (χ1n) is 7.77. The highest BCUT2D eigenvalue weighted by molar-refractivity contribution is 5.94. The van der Waals surface area contributed by atoms with Crippen molar-refractivity contribution >= 4 is 11.8 Å². The molecule has 1 aliphatic heterocycles. The van der Waals surface area contributed by atoms with E-state index in [-0.39, 0.29) is 17.9 Å². The van der Waals surface area contributed by atoms with Crippen molar-refractivity contribution < 1.29 is 9.59 Å². The van der Waals surface area contributed by atoms with Crippen molar-refractivity contribution in [3.63, 3.8) is 0 Å². The Hall–Kier alpha value is -2.63. The number of carbonyl (C=O) groups is 2. The molecule has 0 unspecified atom stereocenters. The van der Waals surface area contributed by atoms with Crippen LogP contribution in [0.1, 0.15) is 23.3 Å². The van der Waals surface area contributed by atoms with E-state index in [4.69, 9.17) is 0 Å². The molecule has 0 bridgehead atoms. The molecule has 0 N–H and O–H groups in total. The van der Waals surface area contributed by atoms with Crippen LogP contribution >= 0.6 is 0 Å². The normalized spacial score (nSPS) is 16.2. The van der Waals surface area contributed by atoms with Crippen LogP contribution in [0.2, 0.25) is 0 Å². The Bertz CT molecular complexity index is 661. The van der Waals surface area contributed by atoms with Crippen molar-refractivity contribution in [2.24, 2.45) is 0 Å². The summed E-state index contributed by atoms with van der Waals surface area (Å²) in [5.74, 6) is 0.0679. The van der Waals surface area contributed by atoms with Crippen LogP contribution in [0.4, 0.5) is 0 Å². The number of hydrogen-bond acceptors (Lipinski definition) is 3. The molecule has 1 atom stereocenters. The minimum atomic E-state index is -0.217. The second kappa shape index (κ2) is 6.64. The third-order valence-corrected chi connectivity index (χ3v) is 4.22. The van der Waals surface area contributed by atoms with Gasteiger partial charge in [-0.3, -0.25) is 14.6 Å². The van der Waals surface area contributed by atoms with E-state index in [1.54, 1.807) is 29.4 Å². The van der Waals surface area contributed by atoms with Crippen LogP contribution in [0.5, 0.6) is 0 Å². The van der Waals surface area contributed by atoms with Gasteiger partial charge in [0.25, 0.3) is 5.91 Å². The summed E-state index contributed by atoms with van der Waals surface area (Å²) in [6.07, 6.45) is 7.01. The van der Waals surface area contributed by atoms with Crippen molar-refractivity contribution in [2.75, 3.05) is 26.2 Å². The topological polar surface area (TPSA) is 58.4 Å². The first-order valence-corrected chi connectivity index (χ1v) is 7.77. The van der Waals surface area contributed by atoms with E-state index in [1.807, 2.05) is 40.9 Å². The maximum Gasteiger partial charge on any atom is 0.255 e. The van der Waals surface area contributed by atoms with Gasteiger partial charge in [0, 0.05) is 51.0 Å². The van der Waals surface area contributed by atoms with Gasteiger partial charge in [0.15, 0.2) is 0 Å². The Labute approximate surface area is 135 Å². The number of carbonyl (C=O) groups excluding carboxylic acids is 2. The van der Waals surface area contributed by atoms with Crippen LogP contribution in [0.25, 0.3) is 0 Å². The molecule has 6 heteroatoms. The zero-order chi connectivity index (χ0) is 16.2. The Morgan fingerprint density at radius 2 is 1.70 bits per heavy atom. The molecule has 6 nitrogen and oxygen atoms in total. The number of amides is 2. The monoisotopic (exact) mass is 312 g/mol. The zero-order valence-electron chi connectivity index (χ0n) is 13.1. The average molecular weight is 312 g/mol. The summed E-state index contributed by atoms with van der Waals surface area (Å²) in [6.45, 7) is 4.14. The maximum absolute atomic E-state index is 12.5. The van der Waals surface area contributed by atoms with Crippen LogP contribution in [-0.4, -0.2) is 57.3 Å². The summed E-state index contributed by atoms with van der Waals surface area (Å²) in [4.78, 5) is 32.5. The SMILES string of the molecule is C[C@H](C(=O)N1CCN(C(=O)c2cccnc2)CC1)n1cccc1. The zero-order valence-corrected chi connectivity index (χ0v) is 13.1. The smallest absolute Gasteiger partial charge is 0.255 e. The second-order valence-corrected chi connectivity index (χ2v) is 5.67.